The van der Waals surface area contributed by atoms with E-state index in [2.05, 4.69) is 40.4 Å². The number of nitrogens with one attached hydrogen (secondary N) is 1. The predicted octanol–water partition coefficient (Wildman–Crippen LogP) is 2.92. The number of rotatable bonds is 3. The molecule has 3 heteroatoms. The molecule has 0 radical (unpaired) electrons. The van der Waals surface area contributed by atoms with E-state index in [1.165, 1.54) is 16.6 Å². The lowest BCUT2D eigenvalue weighted by Crippen LogP contribution is -2.02. The molecule has 3 rings (SSSR count). The Labute approximate surface area is 100 Å². The zero-order chi connectivity index (χ0) is 11.7. The van der Waals surface area contributed by atoms with E-state index in [-0.39, 0.29) is 0 Å². The Morgan fingerprint density at radius 3 is 2.88 bits per heavy atom. The van der Waals surface area contributed by atoms with Crippen LogP contribution in [0.5, 0.6) is 0 Å². The molecule has 86 valence electrons. The third-order valence-electron chi connectivity index (χ3n) is 2.97. The number of para-hydroxylation sites is 1. The molecule has 17 heavy (non-hydrogen) atoms. The lowest BCUT2D eigenvalue weighted by atomic mass is 10.2. The van der Waals surface area contributed by atoms with Crippen molar-refractivity contribution in [1.29, 1.82) is 0 Å². The second-order valence-electron chi connectivity index (χ2n) is 4.35. The van der Waals surface area contributed by atoms with Crippen molar-refractivity contribution in [2.45, 2.75) is 19.9 Å². The summed E-state index contributed by atoms with van der Waals surface area (Å²) >= 11 is 0. The third kappa shape index (κ3) is 2.09. The van der Waals surface area contributed by atoms with Crippen molar-refractivity contribution in [2.24, 2.45) is 0 Å². The van der Waals surface area contributed by atoms with Gasteiger partial charge in [0.05, 0.1) is 5.69 Å². The molecular formula is C14H15N3. The van der Waals surface area contributed by atoms with Crippen LogP contribution in [-0.4, -0.2) is 14.8 Å². The van der Waals surface area contributed by atoms with Crippen LogP contribution >= 0.6 is 0 Å². The van der Waals surface area contributed by atoms with Crippen LogP contribution in [0.1, 0.15) is 11.4 Å². The van der Waals surface area contributed by atoms with Gasteiger partial charge in [0.1, 0.15) is 0 Å². The molecule has 0 saturated heterocycles. The van der Waals surface area contributed by atoms with Crippen LogP contribution in [0, 0.1) is 6.92 Å². The second kappa shape index (κ2) is 4.09. The molecule has 0 aliphatic carbocycles. The number of nitrogens with zero attached hydrogens (tertiary/aromatic N) is 2. The van der Waals surface area contributed by atoms with Crippen LogP contribution in [-0.2, 0) is 13.0 Å². The molecule has 0 spiro atoms. The first-order valence-electron chi connectivity index (χ1n) is 5.88. The number of aromatic nitrogens is 3. The minimum absolute atomic E-state index is 0.917. The largest absolute Gasteiger partial charge is 0.358 e. The van der Waals surface area contributed by atoms with Crippen molar-refractivity contribution < 1.29 is 0 Å². The summed E-state index contributed by atoms with van der Waals surface area (Å²) in [6.45, 7) is 2.93. The normalized spacial score (nSPS) is 11.1. The SMILES string of the molecule is Cc1ccn(CCc2cc3ccccc3[nH]2)n1. The van der Waals surface area contributed by atoms with Crippen LogP contribution in [0.15, 0.2) is 42.6 Å². The first-order chi connectivity index (χ1) is 8.31. The maximum Gasteiger partial charge on any atom is 0.0593 e. The molecule has 1 aromatic carbocycles. The second-order valence-corrected chi connectivity index (χ2v) is 4.35. The minimum Gasteiger partial charge on any atom is -0.358 e. The van der Waals surface area contributed by atoms with Crippen molar-refractivity contribution in [2.75, 3.05) is 0 Å². The molecule has 0 fully saturated rings. The lowest BCUT2D eigenvalue weighted by Gasteiger charge is -1.99. The molecule has 2 heterocycles. The minimum atomic E-state index is 0.917. The van der Waals surface area contributed by atoms with Crippen molar-refractivity contribution in [3.05, 3.63) is 54.0 Å². The average molecular weight is 225 g/mol. The highest BCUT2D eigenvalue weighted by Crippen LogP contribution is 2.15. The summed E-state index contributed by atoms with van der Waals surface area (Å²) in [5, 5.41) is 5.66. The Balaban J connectivity index is 1.76. The van der Waals surface area contributed by atoms with Crippen molar-refractivity contribution in [3.8, 4) is 0 Å². The first kappa shape index (κ1) is 10.1. The van der Waals surface area contributed by atoms with E-state index < -0.39 is 0 Å². The van der Waals surface area contributed by atoms with Gasteiger partial charge in [0.15, 0.2) is 0 Å². The van der Waals surface area contributed by atoms with E-state index in [1.807, 2.05) is 23.9 Å². The van der Waals surface area contributed by atoms with E-state index in [4.69, 9.17) is 0 Å². The highest BCUT2D eigenvalue weighted by Gasteiger charge is 2.00. The number of H-pyrrole nitrogens is 1. The molecule has 0 aliphatic heterocycles. The number of hydrogen-bond acceptors (Lipinski definition) is 1. The van der Waals surface area contributed by atoms with Gasteiger partial charge in [-0.3, -0.25) is 4.68 Å². The van der Waals surface area contributed by atoms with Crippen LogP contribution in [0.25, 0.3) is 10.9 Å². The Bertz CT molecular complexity index is 601. The van der Waals surface area contributed by atoms with Crippen molar-refractivity contribution in [1.82, 2.24) is 14.8 Å². The molecular weight excluding hydrogens is 210 g/mol. The lowest BCUT2D eigenvalue weighted by molar-refractivity contribution is 0.605. The smallest absolute Gasteiger partial charge is 0.0593 e. The fraction of sp³-hybridized carbons (Fsp3) is 0.214. The Morgan fingerprint density at radius 1 is 1.24 bits per heavy atom. The topological polar surface area (TPSA) is 33.6 Å². The van der Waals surface area contributed by atoms with Gasteiger partial charge in [0.2, 0.25) is 0 Å². The molecule has 2 aromatic heterocycles. The molecule has 0 aliphatic rings. The van der Waals surface area contributed by atoms with E-state index in [1.54, 1.807) is 0 Å². The number of aromatic amines is 1. The summed E-state index contributed by atoms with van der Waals surface area (Å²) in [6.07, 6.45) is 3.01. The van der Waals surface area contributed by atoms with Gasteiger partial charge < -0.3 is 4.98 Å². The molecule has 0 unspecified atom stereocenters. The Hall–Kier alpha value is -2.03. The molecule has 1 N–H and O–H groups in total. The van der Waals surface area contributed by atoms with Crippen LogP contribution in [0.4, 0.5) is 0 Å². The summed E-state index contributed by atoms with van der Waals surface area (Å²) in [5.41, 5.74) is 3.54. The Morgan fingerprint density at radius 2 is 2.12 bits per heavy atom. The van der Waals surface area contributed by atoms with Gasteiger partial charge in [-0.2, -0.15) is 5.10 Å². The fourth-order valence-corrected chi connectivity index (χ4v) is 2.09. The van der Waals surface area contributed by atoms with Crippen molar-refractivity contribution in [3.63, 3.8) is 0 Å². The monoisotopic (exact) mass is 225 g/mol. The molecule has 0 atom stereocenters. The Kier molecular flexibility index (Phi) is 2.44. The standard InChI is InChI=1S/C14H15N3/c1-11-6-8-17(16-11)9-7-13-10-12-4-2-3-5-14(12)15-13/h2-6,8,10,15H,7,9H2,1H3. The van der Waals surface area contributed by atoms with Crippen molar-refractivity contribution >= 4 is 10.9 Å². The van der Waals surface area contributed by atoms with Gasteiger partial charge in [-0.1, -0.05) is 18.2 Å². The van der Waals surface area contributed by atoms with Crippen LogP contribution in [0.2, 0.25) is 0 Å². The number of benzene rings is 1. The molecule has 0 bridgehead atoms. The molecule has 0 amide bonds. The molecule has 3 nitrogen and oxygen atoms in total. The van der Waals surface area contributed by atoms with E-state index in [0.717, 1.165) is 18.7 Å². The predicted molar refractivity (Wildman–Crippen MR) is 69.0 cm³/mol. The maximum absolute atomic E-state index is 4.38. The highest BCUT2D eigenvalue weighted by atomic mass is 15.3. The van der Waals surface area contributed by atoms with Gasteiger partial charge in [0, 0.05) is 30.4 Å². The summed E-state index contributed by atoms with van der Waals surface area (Å²) in [5.74, 6) is 0. The van der Waals surface area contributed by atoms with Crippen LogP contribution < -0.4 is 0 Å². The summed E-state index contributed by atoms with van der Waals surface area (Å²) in [4.78, 5) is 3.43. The van der Waals surface area contributed by atoms with Gasteiger partial charge in [-0.05, 0) is 30.5 Å². The quantitative estimate of drug-likeness (QED) is 0.730. The highest BCUT2D eigenvalue weighted by molar-refractivity contribution is 5.80. The van der Waals surface area contributed by atoms with Gasteiger partial charge >= 0.3 is 0 Å². The van der Waals surface area contributed by atoms with Gasteiger partial charge in [0.25, 0.3) is 0 Å². The van der Waals surface area contributed by atoms with E-state index in [9.17, 15) is 0 Å². The number of aryl methyl sites for hydroxylation is 3. The fourth-order valence-electron chi connectivity index (χ4n) is 2.09. The zero-order valence-corrected chi connectivity index (χ0v) is 9.85. The maximum atomic E-state index is 4.38. The molecule has 0 saturated carbocycles. The molecule has 3 aromatic rings. The summed E-state index contributed by atoms with van der Waals surface area (Å²) in [6, 6.07) is 12.6. The number of fused-ring (bicyclic) bond motifs is 1. The van der Waals surface area contributed by atoms with Gasteiger partial charge in [-0.15, -0.1) is 0 Å². The van der Waals surface area contributed by atoms with Gasteiger partial charge in [-0.25, -0.2) is 0 Å². The van der Waals surface area contributed by atoms with E-state index >= 15 is 0 Å². The number of hydrogen-bond donors (Lipinski definition) is 1. The zero-order valence-electron chi connectivity index (χ0n) is 9.85. The third-order valence-corrected chi connectivity index (χ3v) is 2.97. The van der Waals surface area contributed by atoms with Crippen LogP contribution in [0.3, 0.4) is 0 Å². The summed E-state index contributed by atoms with van der Waals surface area (Å²) < 4.78 is 1.99. The first-order valence-corrected chi connectivity index (χ1v) is 5.88. The summed E-state index contributed by atoms with van der Waals surface area (Å²) in [7, 11) is 0. The van der Waals surface area contributed by atoms with E-state index in [0.29, 0.717) is 0 Å². The average Bonchev–Trinajstić information content (AvgIpc) is 2.91.